The molecular formula is C103H150N3Si3+3. The molecule has 0 saturated heterocycles. The average molecular weight is 1510 g/mol. The standard InChI is InChI=1S/C38H56NSi.C33H48NSi.C32H46NSi/c1-27-34(29-18-14-11-15-19-29)25-31(28-16-12-10-13-17-28)26-35(27)36-33-21-20-32(24-30(33)22-23-39(36)8)40(9,37(2,3)4)38(5,6)7;1-23-20-27(25-14-12-11-13-15-25)22-30(24(23)2)31-29-17-16-28(21-26(29)18-19-34(31)9)35(10,32(3,4)5)33(6,7)8;1-23-15-16-25(24-13-11-10-12-14-24)22-29(23)30-28-18-17-27(21-26(28)19-20-33(30)8)34(9,31(2,3)4)32(5,6)7/h20-26,28-29H,10-19H2,1-9H3;16-22,25H,11-15H2,1-10H3;15-22,24H,10-14H2,1-9H3/q3*+1. The smallest absolute Gasteiger partial charge is 0.200 e. The SMILES string of the molecule is Cc1c(-c2c3ccc([Si](C)(C(C)(C)C)C(C)(C)C)cc3cc[n+]2C)cc(C2CCCCC2)cc1C1CCCCC1.Cc1cc(C2CCCCC2)cc(-c2c3ccc([Si](C)(C(C)(C)C)C(C)(C)C)cc3cc[n+]2C)c1C.Cc1ccc(C2CCCCC2)cc1-c1c2ccc([Si](C)(C(C)(C)C)C(C)(C)C)cc2cc[n+]1C. The van der Waals surface area contributed by atoms with Crippen LogP contribution in [0.2, 0.25) is 49.9 Å². The first kappa shape index (κ1) is 84.1. The van der Waals surface area contributed by atoms with Crippen LogP contribution in [-0.2, 0) is 21.1 Å². The summed E-state index contributed by atoms with van der Waals surface area (Å²) in [4.78, 5) is 0. The Bertz CT molecular complexity index is 4680. The first-order chi connectivity index (χ1) is 50.9. The third-order valence-electron chi connectivity index (χ3n) is 30.6. The van der Waals surface area contributed by atoms with Gasteiger partial charge in [0.25, 0.3) is 0 Å². The lowest BCUT2D eigenvalue weighted by Crippen LogP contribution is -2.58. The van der Waals surface area contributed by atoms with E-state index in [0.717, 1.165) is 23.7 Å². The van der Waals surface area contributed by atoms with Crippen molar-refractivity contribution in [3.63, 3.8) is 0 Å². The first-order valence-corrected chi connectivity index (χ1v) is 51.1. The molecule has 0 spiro atoms. The van der Waals surface area contributed by atoms with Crippen LogP contribution in [0.5, 0.6) is 0 Å². The lowest BCUT2D eigenvalue weighted by atomic mass is 9.76. The molecule has 0 aliphatic heterocycles. The number of rotatable bonds is 10. The summed E-state index contributed by atoms with van der Waals surface area (Å²) in [6.07, 6.45) is 34.4. The zero-order valence-electron chi connectivity index (χ0n) is 74.5. The zero-order chi connectivity index (χ0) is 79.5. The maximum absolute atomic E-state index is 2.66. The van der Waals surface area contributed by atoms with E-state index in [0.29, 0.717) is 0 Å². The summed E-state index contributed by atoms with van der Waals surface area (Å²) < 4.78 is 7.08. The lowest BCUT2D eigenvalue weighted by Gasteiger charge is -2.50. The van der Waals surface area contributed by atoms with Crippen LogP contribution in [0.1, 0.15) is 321 Å². The maximum Gasteiger partial charge on any atom is 0.220 e. The Kier molecular flexibility index (Phi) is 24.9. The molecule has 4 aliphatic rings. The van der Waals surface area contributed by atoms with Crippen molar-refractivity contribution in [2.24, 2.45) is 21.1 Å². The van der Waals surface area contributed by atoms with Crippen molar-refractivity contribution in [3.05, 3.63) is 178 Å². The number of aryl methyl sites for hydroxylation is 5. The molecule has 0 unspecified atom stereocenters. The molecule has 0 amide bonds. The minimum atomic E-state index is -1.84. The third-order valence-corrected chi connectivity index (χ3v) is 53.0. The van der Waals surface area contributed by atoms with Gasteiger partial charge in [0.2, 0.25) is 17.1 Å². The van der Waals surface area contributed by atoms with E-state index in [1.165, 1.54) is 222 Å². The lowest BCUT2D eigenvalue weighted by molar-refractivity contribution is -0.659. The van der Waals surface area contributed by atoms with Crippen LogP contribution in [-0.4, -0.2) is 24.2 Å². The Morgan fingerprint density at radius 3 is 0.890 bits per heavy atom. The van der Waals surface area contributed by atoms with Gasteiger partial charge in [0.1, 0.15) is 21.1 Å². The minimum absolute atomic E-state index is 0.279. The number of hydrogen-bond donors (Lipinski definition) is 0. The summed E-state index contributed by atoms with van der Waals surface area (Å²) in [5.74, 6) is 2.91. The predicted octanol–water partition coefficient (Wildman–Crippen LogP) is 28.1. The molecule has 0 N–H and O–H groups in total. The number of nitrogens with zero attached hydrogens (tertiary/aromatic N) is 3. The molecule has 6 aromatic carbocycles. The number of pyridine rings is 3. The Hall–Kier alpha value is -5.80. The molecule has 586 valence electrons. The van der Waals surface area contributed by atoms with E-state index in [9.17, 15) is 0 Å². The van der Waals surface area contributed by atoms with Crippen molar-refractivity contribution in [1.82, 2.24) is 0 Å². The van der Waals surface area contributed by atoms with Crippen LogP contribution in [0.25, 0.3) is 66.1 Å². The summed E-state index contributed by atoms with van der Waals surface area (Å²) >= 11 is 0. The summed E-state index contributed by atoms with van der Waals surface area (Å²) in [6.45, 7) is 61.4. The normalized spacial score (nSPS) is 17.0. The second kappa shape index (κ2) is 32.2. The van der Waals surface area contributed by atoms with Gasteiger partial charge < -0.3 is 0 Å². The van der Waals surface area contributed by atoms with Gasteiger partial charge in [-0.1, -0.05) is 298 Å². The molecule has 4 fully saturated rings. The van der Waals surface area contributed by atoms with Gasteiger partial charge in [0, 0.05) is 23.8 Å². The van der Waals surface area contributed by atoms with Gasteiger partial charge in [-0.2, -0.15) is 0 Å². The molecule has 4 aliphatic carbocycles. The molecule has 0 bridgehead atoms. The fourth-order valence-electron chi connectivity index (χ4n) is 21.9. The highest BCUT2D eigenvalue weighted by Crippen LogP contribution is 2.55. The Morgan fingerprint density at radius 1 is 0.275 bits per heavy atom. The van der Waals surface area contributed by atoms with Crippen molar-refractivity contribution in [2.45, 2.75) is 354 Å². The summed E-state index contributed by atoms with van der Waals surface area (Å²) in [5, 5.41) is 14.7. The minimum Gasteiger partial charge on any atom is -0.200 e. The van der Waals surface area contributed by atoms with E-state index in [1.54, 1.807) is 32.3 Å². The fraction of sp³-hybridized carbons (Fsp3) is 0.563. The first-order valence-electron chi connectivity index (χ1n) is 43.6. The highest BCUT2D eigenvalue weighted by Gasteiger charge is 2.53. The average Bonchev–Trinajstić information content (AvgIpc) is 0.741. The fourth-order valence-corrected chi connectivity index (χ4v) is 36.5. The number of fused-ring (bicyclic) bond motifs is 3. The monoisotopic (exact) mass is 1510 g/mol. The number of hydrogen-bond acceptors (Lipinski definition) is 0. The second-order valence-electron chi connectivity index (χ2n) is 42.3. The third kappa shape index (κ3) is 16.5. The Labute approximate surface area is 668 Å². The highest BCUT2D eigenvalue weighted by molar-refractivity contribution is 6.96. The van der Waals surface area contributed by atoms with E-state index >= 15 is 0 Å². The zero-order valence-corrected chi connectivity index (χ0v) is 77.5. The van der Waals surface area contributed by atoms with Crippen LogP contribution in [0.4, 0.5) is 0 Å². The van der Waals surface area contributed by atoms with Gasteiger partial charge in [-0.05, 0) is 230 Å². The van der Waals surface area contributed by atoms with Crippen molar-refractivity contribution in [2.75, 3.05) is 0 Å². The van der Waals surface area contributed by atoms with Crippen LogP contribution >= 0.6 is 0 Å². The molecule has 3 heterocycles. The van der Waals surface area contributed by atoms with E-state index in [-0.39, 0.29) is 30.2 Å². The number of benzene rings is 6. The topological polar surface area (TPSA) is 11.6 Å². The van der Waals surface area contributed by atoms with Gasteiger partial charge in [-0.15, -0.1) is 0 Å². The Balaban J connectivity index is 0.000000163. The molecule has 0 atom stereocenters. The van der Waals surface area contributed by atoms with E-state index in [4.69, 9.17) is 0 Å². The quantitative estimate of drug-likeness (QED) is 0.0955. The van der Waals surface area contributed by atoms with Crippen molar-refractivity contribution in [3.8, 4) is 33.8 Å². The largest absolute Gasteiger partial charge is 0.220 e. The van der Waals surface area contributed by atoms with Crippen molar-refractivity contribution >= 4 is 72.1 Å². The van der Waals surface area contributed by atoms with Crippen LogP contribution in [0.3, 0.4) is 0 Å². The molecule has 13 rings (SSSR count). The Morgan fingerprint density at radius 2 is 0.560 bits per heavy atom. The molecule has 3 nitrogen and oxygen atoms in total. The van der Waals surface area contributed by atoms with Crippen LogP contribution in [0.15, 0.2) is 134 Å². The highest BCUT2D eigenvalue weighted by atomic mass is 28.3. The van der Waals surface area contributed by atoms with Crippen LogP contribution < -0.4 is 29.3 Å². The van der Waals surface area contributed by atoms with Gasteiger partial charge in [-0.3, -0.25) is 0 Å². The summed E-state index contributed by atoms with van der Waals surface area (Å²) in [6, 6.07) is 47.0. The van der Waals surface area contributed by atoms with E-state index in [2.05, 4.69) is 341 Å². The van der Waals surface area contributed by atoms with Gasteiger partial charge in [-0.25, -0.2) is 13.7 Å². The molecule has 3 aromatic heterocycles. The van der Waals surface area contributed by atoms with Crippen LogP contribution in [0, 0.1) is 27.7 Å². The van der Waals surface area contributed by atoms with Crippen molar-refractivity contribution in [1.29, 1.82) is 0 Å². The van der Waals surface area contributed by atoms with Gasteiger partial charge in [0.05, 0.1) is 51.5 Å². The molecule has 109 heavy (non-hydrogen) atoms. The molecule has 0 radical (unpaired) electrons. The summed E-state index contributed by atoms with van der Waals surface area (Å²) in [5.41, 5.74) is 20.5. The predicted molar refractivity (Wildman–Crippen MR) is 486 cm³/mol. The van der Waals surface area contributed by atoms with Crippen molar-refractivity contribution < 1.29 is 13.7 Å². The second-order valence-corrected chi connectivity index (χ2v) is 59.8. The summed E-state index contributed by atoms with van der Waals surface area (Å²) in [7, 11) is 1.23. The molecule has 9 aromatic rings. The molecular weight excluding hydrogens is 1360 g/mol. The van der Waals surface area contributed by atoms with E-state index < -0.39 is 24.2 Å². The van der Waals surface area contributed by atoms with Gasteiger partial charge >= 0.3 is 0 Å². The molecule has 4 saturated carbocycles. The van der Waals surface area contributed by atoms with Gasteiger partial charge in [0.15, 0.2) is 18.6 Å². The van der Waals surface area contributed by atoms with E-state index in [1.807, 2.05) is 0 Å². The molecule has 6 heteroatoms. The maximum atomic E-state index is 2.66. The number of aromatic nitrogens is 3.